The Morgan fingerprint density at radius 3 is 2.53 bits per heavy atom. The highest BCUT2D eigenvalue weighted by Crippen LogP contribution is 2.41. The number of hydrogen-bond acceptors (Lipinski definition) is 2. The maximum Gasteiger partial charge on any atom is 0.142 e. The summed E-state index contributed by atoms with van der Waals surface area (Å²) in [4.78, 5) is 0. The summed E-state index contributed by atoms with van der Waals surface area (Å²) >= 11 is 12.2. The van der Waals surface area contributed by atoms with Gasteiger partial charge in [0.1, 0.15) is 17.5 Å². The van der Waals surface area contributed by atoms with Crippen LogP contribution in [0.3, 0.4) is 0 Å². The van der Waals surface area contributed by atoms with Gasteiger partial charge in [0.15, 0.2) is 0 Å². The predicted molar refractivity (Wildman–Crippen MR) is 79.3 cm³/mol. The summed E-state index contributed by atoms with van der Waals surface area (Å²) in [5.41, 5.74) is 0.387. The van der Waals surface area contributed by atoms with Crippen molar-refractivity contribution >= 4 is 23.2 Å². The maximum absolute atomic E-state index is 6.23. The van der Waals surface area contributed by atoms with Crippen LogP contribution >= 0.6 is 23.2 Å². The molecule has 1 atom stereocenters. The van der Waals surface area contributed by atoms with Gasteiger partial charge in [-0.3, -0.25) is 0 Å². The summed E-state index contributed by atoms with van der Waals surface area (Å²) in [7, 11) is 0. The largest absolute Gasteiger partial charge is 0.485 e. The molecule has 2 rings (SSSR count). The lowest BCUT2D eigenvalue weighted by Crippen LogP contribution is -2.37. The first-order valence-corrected chi connectivity index (χ1v) is 7.36. The van der Waals surface area contributed by atoms with Gasteiger partial charge >= 0.3 is 0 Å². The zero-order valence-electron chi connectivity index (χ0n) is 11.8. The lowest BCUT2D eigenvalue weighted by Gasteiger charge is -2.28. The normalized spacial score (nSPS) is 24.4. The highest BCUT2D eigenvalue weighted by Gasteiger charge is 2.47. The second-order valence-electron chi connectivity index (χ2n) is 6.14. The molecule has 0 bridgehead atoms. The monoisotopic (exact) mass is 302 g/mol. The van der Waals surface area contributed by atoms with E-state index in [2.05, 4.69) is 13.8 Å². The van der Waals surface area contributed by atoms with Crippen LogP contribution < -0.4 is 4.74 Å². The van der Waals surface area contributed by atoms with Gasteiger partial charge in [-0.05, 0) is 33.8 Å². The number of rotatable bonds is 3. The molecule has 1 aliphatic rings. The van der Waals surface area contributed by atoms with Crippen molar-refractivity contribution < 1.29 is 9.47 Å². The fourth-order valence-electron chi connectivity index (χ4n) is 2.63. The molecule has 0 spiro atoms. The Balaban J connectivity index is 2.27. The van der Waals surface area contributed by atoms with Crippen LogP contribution in [0.4, 0.5) is 0 Å². The van der Waals surface area contributed by atoms with Gasteiger partial charge in [-0.1, -0.05) is 23.7 Å². The lowest BCUT2D eigenvalue weighted by atomic mass is 9.97. The SMILES string of the molecule is CC1(C)CC(Oc2c(Cl)cccc2CCl)C(C)(C)O1. The number of benzene rings is 1. The van der Waals surface area contributed by atoms with Crippen molar-refractivity contribution in [2.24, 2.45) is 0 Å². The van der Waals surface area contributed by atoms with Crippen molar-refractivity contribution in [1.29, 1.82) is 0 Å². The average Bonchev–Trinajstić information content (AvgIpc) is 2.49. The topological polar surface area (TPSA) is 18.5 Å². The van der Waals surface area contributed by atoms with E-state index in [1.54, 1.807) is 0 Å². The van der Waals surface area contributed by atoms with E-state index >= 15 is 0 Å². The van der Waals surface area contributed by atoms with Crippen molar-refractivity contribution in [2.45, 2.75) is 57.3 Å². The number of para-hydroxylation sites is 1. The van der Waals surface area contributed by atoms with Crippen LogP contribution in [-0.4, -0.2) is 17.3 Å². The van der Waals surface area contributed by atoms with Gasteiger partial charge in [0.05, 0.1) is 16.5 Å². The van der Waals surface area contributed by atoms with E-state index in [9.17, 15) is 0 Å². The molecule has 4 heteroatoms. The Morgan fingerprint density at radius 2 is 2.00 bits per heavy atom. The minimum Gasteiger partial charge on any atom is -0.485 e. The molecular formula is C15H20Cl2O2. The zero-order valence-corrected chi connectivity index (χ0v) is 13.3. The lowest BCUT2D eigenvalue weighted by molar-refractivity contribution is -0.0846. The summed E-state index contributed by atoms with van der Waals surface area (Å²) in [6.45, 7) is 8.24. The van der Waals surface area contributed by atoms with Gasteiger partial charge in [0.2, 0.25) is 0 Å². The summed E-state index contributed by atoms with van der Waals surface area (Å²) in [5, 5.41) is 0.596. The van der Waals surface area contributed by atoms with E-state index in [1.165, 1.54) is 0 Å². The minimum absolute atomic E-state index is 0.0376. The van der Waals surface area contributed by atoms with Gasteiger partial charge in [0.25, 0.3) is 0 Å². The quantitative estimate of drug-likeness (QED) is 0.746. The molecule has 19 heavy (non-hydrogen) atoms. The molecular weight excluding hydrogens is 283 g/mol. The highest BCUT2D eigenvalue weighted by molar-refractivity contribution is 6.32. The number of halogens is 2. The molecule has 1 unspecified atom stereocenters. The molecule has 1 aliphatic heterocycles. The summed E-state index contributed by atoms with van der Waals surface area (Å²) < 4.78 is 12.2. The van der Waals surface area contributed by atoms with Crippen LogP contribution in [0.25, 0.3) is 0 Å². The van der Waals surface area contributed by atoms with Crippen molar-refractivity contribution in [3.8, 4) is 5.75 Å². The molecule has 106 valence electrons. The molecule has 2 nitrogen and oxygen atoms in total. The zero-order chi connectivity index (χ0) is 14.3. The van der Waals surface area contributed by atoms with Gasteiger partial charge in [-0.25, -0.2) is 0 Å². The minimum atomic E-state index is -0.341. The van der Waals surface area contributed by atoms with Crippen molar-refractivity contribution in [3.05, 3.63) is 28.8 Å². The Bertz CT molecular complexity index is 469. The van der Waals surface area contributed by atoms with Gasteiger partial charge in [-0.15, -0.1) is 11.6 Å². The Labute approximate surface area is 125 Å². The second-order valence-corrected chi connectivity index (χ2v) is 6.81. The molecule has 0 saturated carbocycles. The molecule has 1 aromatic carbocycles. The molecule has 0 aliphatic carbocycles. The third-order valence-electron chi connectivity index (χ3n) is 3.44. The number of ether oxygens (including phenoxy) is 2. The van der Waals surface area contributed by atoms with E-state index in [0.29, 0.717) is 16.7 Å². The summed E-state index contributed by atoms with van der Waals surface area (Å²) in [5.74, 6) is 1.06. The molecule has 0 radical (unpaired) electrons. The molecule has 1 aromatic rings. The van der Waals surface area contributed by atoms with E-state index < -0.39 is 0 Å². The van der Waals surface area contributed by atoms with Crippen LogP contribution in [0.15, 0.2) is 18.2 Å². The highest BCUT2D eigenvalue weighted by atomic mass is 35.5. The fourth-order valence-corrected chi connectivity index (χ4v) is 3.08. The van der Waals surface area contributed by atoms with Gasteiger partial charge in [-0.2, -0.15) is 0 Å². The summed E-state index contributed by atoms with van der Waals surface area (Å²) in [6, 6.07) is 5.64. The van der Waals surface area contributed by atoms with Crippen LogP contribution in [0, 0.1) is 0 Å². The van der Waals surface area contributed by atoms with Crippen LogP contribution in [0.1, 0.15) is 39.7 Å². The molecule has 0 N–H and O–H groups in total. The van der Waals surface area contributed by atoms with Crippen molar-refractivity contribution in [2.75, 3.05) is 0 Å². The second kappa shape index (κ2) is 5.16. The van der Waals surface area contributed by atoms with Crippen LogP contribution in [-0.2, 0) is 10.6 Å². The van der Waals surface area contributed by atoms with E-state index in [-0.39, 0.29) is 17.3 Å². The van der Waals surface area contributed by atoms with Crippen molar-refractivity contribution in [3.63, 3.8) is 0 Å². The first-order valence-electron chi connectivity index (χ1n) is 6.45. The van der Waals surface area contributed by atoms with Crippen LogP contribution in [0.5, 0.6) is 5.75 Å². The Hall–Kier alpha value is -0.440. The molecule has 1 saturated heterocycles. The van der Waals surface area contributed by atoms with Gasteiger partial charge in [0, 0.05) is 12.0 Å². The van der Waals surface area contributed by atoms with Crippen molar-refractivity contribution in [1.82, 2.24) is 0 Å². The van der Waals surface area contributed by atoms with E-state index in [1.807, 2.05) is 32.0 Å². The first kappa shape index (κ1) is 15.0. The Kier molecular flexibility index (Phi) is 4.06. The average molecular weight is 303 g/mol. The number of hydrogen-bond donors (Lipinski definition) is 0. The maximum atomic E-state index is 6.23. The standard InChI is InChI=1S/C15H20Cl2O2/c1-14(2)8-12(15(3,4)19-14)18-13-10(9-16)6-5-7-11(13)17/h5-7,12H,8-9H2,1-4H3. The summed E-state index contributed by atoms with van der Waals surface area (Å²) in [6.07, 6.45) is 0.789. The third kappa shape index (κ3) is 3.18. The molecule has 1 fully saturated rings. The predicted octanol–water partition coefficient (Wildman–Crippen LogP) is 4.80. The third-order valence-corrected chi connectivity index (χ3v) is 4.03. The fraction of sp³-hybridized carbons (Fsp3) is 0.600. The first-order chi connectivity index (χ1) is 8.75. The molecule has 1 heterocycles. The smallest absolute Gasteiger partial charge is 0.142 e. The van der Waals surface area contributed by atoms with Gasteiger partial charge < -0.3 is 9.47 Å². The van der Waals surface area contributed by atoms with Crippen LogP contribution in [0.2, 0.25) is 5.02 Å². The Morgan fingerprint density at radius 1 is 1.32 bits per heavy atom. The van der Waals surface area contributed by atoms with E-state index in [0.717, 1.165) is 12.0 Å². The molecule has 0 amide bonds. The van der Waals surface area contributed by atoms with E-state index in [4.69, 9.17) is 32.7 Å². The number of alkyl halides is 1. The molecule has 0 aromatic heterocycles.